The van der Waals surface area contributed by atoms with Crippen molar-refractivity contribution in [1.82, 2.24) is 5.32 Å². The van der Waals surface area contributed by atoms with E-state index in [9.17, 15) is 14.7 Å². The monoisotopic (exact) mass is 359 g/mol. The van der Waals surface area contributed by atoms with Gasteiger partial charge in [0.15, 0.2) is 0 Å². The van der Waals surface area contributed by atoms with Crippen LogP contribution in [0.2, 0.25) is 0 Å². The van der Waals surface area contributed by atoms with Crippen molar-refractivity contribution in [3.8, 4) is 17.2 Å². The predicted molar refractivity (Wildman–Crippen MR) is 94.6 cm³/mol. The molecule has 0 bridgehead atoms. The second kappa shape index (κ2) is 8.75. The molecule has 7 heteroatoms. The summed E-state index contributed by atoms with van der Waals surface area (Å²) in [6.45, 7) is 0. The summed E-state index contributed by atoms with van der Waals surface area (Å²) in [6.07, 6.45) is 0.222. The zero-order valence-corrected chi connectivity index (χ0v) is 14.8. The van der Waals surface area contributed by atoms with E-state index >= 15 is 0 Å². The molecule has 2 N–H and O–H groups in total. The number of benzene rings is 2. The summed E-state index contributed by atoms with van der Waals surface area (Å²) in [5.41, 5.74) is 1.06. The number of hydrogen-bond donors (Lipinski definition) is 2. The van der Waals surface area contributed by atoms with Crippen LogP contribution < -0.4 is 14.8 Å². The molecule has 26 heavy (non-hydrogen) atoms. The molecule has 1 atom stereocenters. The molecule has 0 heterocycles. The van der Waals surface area contributed by atoms with Crippen LogP contribution in [0.4, 0.5) is 0 Å². The number of methoxy groups -OCH3 is 3. The van der Waals surface area contributed by atoms with E-state index in [1.807, 2.05) is 0 Å². The Hall–Kier alpha value is -3.22. The van der Waals surface area contributed by atoms with Gasteiger partial charge in [-0.2, -0.15) is 0 Å². The standard InChI is InChI=1S/C19H21NO6/c1-24-15-9-13(10-16(11-15)25-2)18(22)20-17(19(23)26-3)8-12-4-6-14(21)7-5-12/h4-7,9-11,17,21H,8H2,1-3H3,(H,20,22)/t17-/m0/s1. The quantitative estimate of drug-likeness (QED) is 0.734. The van der Waals surface area contributed by atoms with Crippen molar-refractivity contribution in [2.45, 2.75) is 12.5 Å². The highest BCUT2D eigenvalue weighted by Crippen LogP contribution is 2.22. The molecule has 0 aliphatic carbocycles. The Morgan fingerprint density at radius 1 is 1.00 bits per heavy atom. The lowest BCUT2D eigenvalue weighted by Crippen LogP contribution is -2.43. The van der Waals surface area contributed by atoms with Crippen LogP contribution in [0.5, 0.6) is 17.2 Å². The van der Waals surface area contributed by atoms with Gasteiger partial charge in [-0.25, -0.2) is 4.79 Å². The molecular formula is C19H21NO6. The van der Waals surface area contributed by atoms with Crippen LogP contribution >= 0.6 is 0 Å². The van der Waals surface area contributed by atoms with Gasteiger partial charge in [-0.15, -0.1) is 0 Å². The van der Waals surface area contributed by atoms with Gasteiger partial charge >= 0.3 is 5.97 Å². The zero-order chi connectivity index (χ0) is 19.1. The Balaban J connectivity index is 2.20. The summed E-state index contributed by atoms with van der Waals surface area (Å²) in [5, 5.41) is 12.0. The number of carbonyl (C=O) groups is 2. The van der Waals surface area contributed by atoms with Crippen molar-refractivity contribution in [3.05, 3.63) is 53.6 Å². The van der Waals surface area contributed by atoms with E-state index in [0.29, 0.717) is 17.1 Å². The number of aromatic hydroxyl groups is 1. The predicted octanol–water partition coefficient (Wildman–Crippen LogP) is 1.92. The smallest absolute Gasteiger partial charge is 0.328 e. The topological polar surface area (TPSA) is 94.1 Å². The molecule has 2 aromatic carbocycles. The lowest BCUT2D eigenvalue weighted by atomic mass is 10.0. The van der Waals surface area contributed by atoms with Crippen molar-refractivity contribution < 1.29 is 28.9 Å². The number of esters is 1. The highest BCUT2D eigenvalue weighted by atomic mass is 16.5. The number of phenolic OH excluding ortho intramolecular Hbond substituents is 1. The molecule has 0 spiro atoms. The van der Waals surface area contributed by atoms with Crippen molar-refractivity contribution in [1.29, 1.82) is 0 Å². The first-order valence-electron chi connectivity index (χ1n) is 7.86. The SMILES string of the molecule is COC(=O)[C@H](Cc1ccc(O)cc1)NC(=O)c1cc(OC)cc(OC)c1. The lowest BCUT2D eigenvalue weighted by molar-refractivity contribution is -0.142. The molecular weight excluding hydrogens is 338 g/mol. The normalized spacial score (nSPS) is 11.3. The van der Waals surface area contributed by atoms with Gasteiger partial charge in [-0.1, -0.05) is 12.1 Å². The van der Waals surface area contributed by atoms with Crippen LogP contribution in [0.15, 0.2) is 42.5 Å². The van der Waals surface area contributed by atoms with E-state index in [1.165, 1.54) is 33.5 Å². The number of rotatable bonds is 7. The first-order valence-corrected chi connectivity index (χ1v) is 7.86. The molecule has 0 aromatic heterocycles. The van der Waals surface area contributed by atoms with E-state index in [4.69, 9.17) is 14.2 Å². The molecule has 2 rings (SSSR count). The summed E-state index contributed by atoms with van der Waals surface area (Å²) in [4.78, 5) is 24.6. The Morgan fingerprint density at radius 3 is 2.08 bits per heavy atom. The summed E-state index contributed by atoms with van der Waals surface area (Å²) in [6, 6.07) is 10.2. The van der Waals surface area contributed by atoms with Crippen LogP contribution in [0, 0.1) is 0 Å². The minimum atomic E-state index is -0.880. The minimum absolute atomic E-state index is 0.121. The Morgan fingerprint density at radius 2 is 1.58 bits per heavy atom. The van der Waals surface area contributed by atoms with Gasteiger partial charge in [0.05, 0.1) is 21.3 Å². The number of nitrogens with one attached hydrogen (secondary N) is 1. The number of phenols is 1. The summed E-state index contributed by atoms with van der Waals surface area (Å²) in [5.74, 6) is 0.0128. The molecule has 0 saturated carbocycles. The van der Waals surface area contributed by atoms with Crippen LogP contribution in [0.1, 0.15) is 15.9 Å². The summed E-state index contributed by atoms with van der Waals surface area (Å²) < 4.78 is 15.1. The van der Waals surface area contributed by atoms with Gasteiger partial charge in [0.1, 0.15) is 23.3 Å². The van der Waals surface area contributed by atoms with Gasteiger partial charge in [-0.05, 0) is 29.8 Å². The van der Waals surface area contributed by atoms with E-state index in [-0.39, 0.29) is 12.2 Å². The first kappa shape index (κ1) is 19.1. The highest BCUT2D eigenvalue weighted by Gasteiger charge is 2.23. The second-order valence-electron chi connectivity index (χ2n) is 5.52. The van der Waals surface area contributed by atoms with Crippen molar-refractivity contribution in [3.63, 3.8) is 0 Å². The minimum Gasteiger partial charge on any atom is -0.508 e. The Bertz CT molecular complexity index is 750. The summed E-state index contributed by atoms with van der Waals surface area (Å²) in [7, 11) is 4.23. The maximum absolute atomic E-state index is 12.6. The molecule has 0 fully saturated rings. The second-order valence-corrected chi connectivity index (χ2v) is 5.52. The average molecular weight is 359 g/mol. The zero-order valence-electron chi connectivity index (χ0n) is 14.8. The lowest BCUT2D eigenvalue weighted by Gasteiger charge is -2.17. The highest BCUT2D eigenvalue weighted by molar-refractivity contribution is 5.97. The molecule has 0 aliphatic rings. The first-order chi connectivity index (χ1) is 12.5. The van der Waals surface area contributed by atoms with Crippen molar-refractivity contribution >= 4 is 11.9 Å². The largest absolute Gasteiger partial charge is 0.508 e. The van der Waals surface area contributed by atoms with Gasteiger partial charge in [-0.3, -0.25) is 4.79 Å². The van der Waals surface area contributed by atoms with Crippen molar-refractivity contribution in [2.24, 2.45) is 0 Å². The van der Waals surface area contributed by atoms with Crippen LogP contribution in [0.25, 0.3) is 0 Å². The Labute approximate surface area is 151 Å². The fourth-order valence-corrected chi connectivity index (χ4v) is 2.38. The van der Waals surface area contributed by atoms with E-state index in [0.717, 1.165) is 5.56 Å². The van der Waals surface area contributed by atoms with Crippen LogP contribution in [0.3, 0.4) is 0 Å². The molecule has 0 radical (unpaired) electrons. The molecule has 0 saturated heterocycles. The third kappa shape index (κ3) is 4.89. The maximum atomic E-state index is 12.6. The summed E-state index contributed by atoms with van der Waals surface area (Å²) >= 11 is 0. The van der Waals surface area contributed by atoms with Crippen molar-refractivity contribution in [2.75, 3.05) is 21.3 Å². The number of ether oxygens (including phenoxy) is 3. The van der Waals surface area contributed by atoms with Gasteiger partial charge in [0.25, 0.3) is 5.91 Å². The van der Waals surface area contributed by atoms with Gasteiger partial charge < -0.3 is 24.6 Å². The van der Waals surface area contributed by atoms with E-state index in [1.54, 1.807) is 30.3 Å². The molecule has 138 valence electrons. The number of carbonyl (C=O) groups excluding carboxylic acids is 2. The fraction of sp³-hybridized carbons (Fsp3) is 0.263. The van der Waals surface area contributed by atoms with E-state index < -0.39 is 17.9 Å². The Kier molecular flexibility index (Phi) is 6.43. The van der Waals surface area contributed by atoms with Gasteiger partial charge in [0, 0.05) is 18.1 Å². The average Bonchev–Trinajstić information content (AvgIpc) is 2.67. The molecule has 0 aliphatic heterocycles. The van der Waals surface area contributed by atoms with E-state index in [2.05, 4.69) is 5.32 Å². The maximum Gasteiger partial charge on any atom is 0.328 e. The van der Waals surface area contributed by atoms with Gasteiger partial charge in [0.2, 0.25) is 0 Å². The molecule has 2 aromatic rings. The molecule has 7 nitrogen and oxygen atoms in total. The van der Waals surface area contributed by atoms with Crippen LogP contribution in [-0.4, -0.2) is 44.4 Å². The fourth-order valence-electron chi connectivity index (χ4n) is 2.38. The van der Waals surface area contributed by atoms with Crippen LogP contribution in [-0.2, 0) is 16.0 Å². The molecule has 1 amide bonds. The number of amides is 1. The third-order valence-electron chi connectivity index (χ3n) is 3.78. The third-order valence-corrected chi connectivity index (χ3v) is 3.78. The number of hydrogen-bond acceptors (Lipinski definition) is 6. The molecule has 0 unspecified atom stereocenters.